The second-order valence-electron chi connectivity index (χ2n) is 3.00. The van der Waals surface area contributed by atoms with Gasteiger partial charge >= 0.3 is 0 Å². The molecule has 0 radical (unpaired) electrons. The van der Waals surface area contributed by atoms with Crippen LogP contribution in [0.5, 0.6) is 5.75 Å². The largest absolute Gasteiger partial charge is 0.497 e. The summed E-state index contributed by atoms with van der Waals surface area (Å²) in [5.74, 6) is 0.839. The third-order valence-corrected chi connectivity index (χ3v) is 2.46. The van der Waals surface area contributed by atoms with Crippen molar-refractivity contribution in [1.82, 2.24) is 4.98 Å². The Labute approximate surface area is 81.5 Å². The summed E-state index contributed by atoms with van der Waals surface area (Å²) in [4.78, 5) is 3.12. The number of aromatic nitrogens is 1. The van der Waals surface area contributed by atoms with Gasteiger partial charge in [0, 0.05) is 11.6 Å². The fourth-order valence-corrected chi connectivity index (χ4v) is 1.67. The zero-order valence-electron chi connectivity index (χ0n) is 7.52. The fraction of sp³-hybridized carbons (Fsp3) is 0.200. The fourth-order valence-electron chi connectivity index (χ4n) is 1.47. The Morgan fingerprint density at radius 2 is 2.15 bits per heavy atom. The van der Waals surface area contributed by atoms with Gasteiger partial charge in [-0.25, -0.2) is 0 Å². The van der Waals surface area contributed by atoms with Crippen LogP contribution in [-0.2, 0) is 0 Å². The molecule has 0 atom stereocenters. The Balaban J connectivity index is 2.80. The van der Waals surface area contributed by atoms with Gasteiger partial charge < -0.3 is 9.72 Å². The molecule has 1 N–H and O–H groups in total. The van der Waals surface area contributed by atoms with Gasteiger partial charge in [-0.2, -0.15) is 0 Å². The highest BCUT2D eigenvalue weighted by Gasteiger charge is 2.05. The Bertz CT molecular complexity index is 447. The summed E-state index contributed by atoms with van der Waals surface area (Å²) in [5, 5.41) is 1.75. The van der Waals surface area contributed by atoms with E-state index >= 15 is 0 Å². The predicted molar refractivity (Wildman–Crippen MR) is 54.6 cm³/mol. The molecule has 2 nitrogen and oxygen atoms in total. The maximum Gasteiger partial charge on any atom is 0.119 e. The first kappa shape index (κ1) is 8.45. The van der Waals surface area contributed by atoms with E-state index in [4.69, 9.17) is 16.3 Å². The highest BCUT2D eigenvalue weighted by molar-refractivity contribution is 6.35. The van der Waals surface area contributed by atoms with Gasteiger partial charge in [0.2, 0.25) is 0 Å². The Kier molecular flexibility index (Phi) is 1.93. The summed E-state index contributed by atoms with van der Waals surface area (Å²) < 4.78 is 5.15. The van der Waals surface area contributed by atoms with E-state index in [1.807, 2.05) is 19.1 Å². The zero-order valence-corrected chi connectivity index (χ0v) is 8.27. The lowest BCUT2D eigenvalue weighted by Gasteiger charge is -2.02. The van der Waals surface area contributed by atoms with Crippen molar-refractivity contribution >= 4 is 22.5 Å². The van der Waals surface area contributed by atoms with Crippen LogP contribution in [0.15, 0.2) is 18.3 Å². The van der Waals surface area contributed by atoms with E-state index in [-0.39, 0.29) is 0 Å². The normalized spacial score (nSPS) is 10.7. The highest BCUT2D eigenvalue weighted by atomic mass is 35.5. The van der Waals surface area contributed by atoms with E-state index in [1.54, 1.807) is 13.3 Å². The first-order chi connectivity index (χ1) is 6.22. The molecule has 1 aromatic carbocycles. The molecule has 3 heteroatoms. The van der Waals surface area contributed by atoms with E-state index in [1.165, 1.54) is 0 Å². The van der Waals surface area contributed by atoms with Crippen LogP contribution in [0.25, 0.3) is 10.9 Å². The maximum absolute atomic E-state index is 5.99. The van der Waals surface area contributed by atoms with Crippen LogP contribution >= 0.6 is 11.6 Å². The molecule has 2 rings (SSSR count). The van der Waals surface area contributed by atoms with E-state index in [2.05, 4.69) is 4.98 Å². The van der Waals surface area contributed by atoms with Gasteiger partial charge in [-0.15, -0.1) is 0 Å². The number of benzene rings is 1. The van der Waals surface area contributed by atoms with E-state index in [0.717, 1.165) is 27.2 Å². The standard InChI is InChI=1S/C10H10ClNO/c1-6-3-7(13-2)4-8-9(11)5-12-10(6)8/h3-5,12H,1-2H3. The van der Waals surface area contributed by atoms with E-state index in [9.17, 15) is 0 Å². The molecule has 0 saturated heterocycles. The van der Waals surface area contributed by atoms with E-state index < -0.39 is 0 Å². The lowest BCUT2D eigenvalue weighted by molar-refractivity contribution is 0.415. The highest BCUT2D eigenvalue weighted by Crippen LogP contribution is 2.29. The van der Waals surface area contributed by atoms with Crippen LogP contribution in [0, 0.1) is 6.92 Å². The quantitative estimate of drug-likeness (QED) is 0.743. The van der Waals surface area contributed by atoms with Crippen LogP contribution < -0.4 is 4.74 Å². The van der Waals surface area contributed by atoms with Crippen molar-refractivity contribution in [2.75, 3.05) is 7.11 Å². The monoisotopic (exact) mass is 195 g/mol. The molecule has 0 aliphatic heterocycles. The minimum absolute atomic E-state index is 0.733. The Hall–Kier alpha value is -1.15. The van der Waals surface area contributed by atoms with Crippen LogP contribution in [-0.4, -0.2) is 12.1 Å². The molecule has 0 fully saturated rings. The summed E-state index contributed by atoms with van der Waals surface area (Å²) in [6.07, 6.45) is 1.79. The van der Waals surface area contributed by atoms with Crippen molar-refractivity contribution < 1.29 is 4.74 Å². The van der Waals surface area contributed by atoms with Gasteiger partial charge in [0.1, 0.15) is 5.75 Å². The van der Waals surface area contributed by atoms with Crippen LogP contribution in [0.4, 0.5) is 0 Å². The number of aryl methyl sites for hydroxylation is 1. The van der Waals surface area contributed by atoms with Gasteiger partial charge in [0.25, 0.3) is 0 Å². The summed E-state index contributed by atoms with van der Waals surface area (Å²) in [6, 6.07) is 3.91. The van der Waals surface area contributed by atoms with Crippen molar-refractivity contribution in [2.45, 2.75) is 6.92 Å². The number of aromatic amines is 1. The third kappa shape index (κ3) is 1.27. The lowest BCUT2D eigenvalue weighted by atomic mass is 10.1. The molecule has 1 heterocycles. The van der Waals surface area contributed by atoms with Crippen molar-refractivity contribution in [3.05, 3.63) is 28.9 Å². The number of rotatable bonds is 1. The summed E-state index contributed by atoms with van der Waals surface area (Å²) >= 11 is 5.99. The zero-order chi connectivity index (χ0) is 9.42. The first-order valence-electron chi connectivity index (χ1n) is 4.03. The topological polar surface area (TPSA) is 25.0 Å². The van der Waals surface area contributed by atoms with Crippen molar-refractivity contribution in [1.29, 1.82) is 0 Å². The van der Waals surface area contributed by atoms with Crippen molar-refractivity contribution in [3.8, 4) is 5.75 Å². The smallest absolute Gasteiger partial charge is 0.119 e. The lowest BCUT2D eigenvalue weighted by Crippen LogP contribution is -1.84. The number of nitrogens with one attached hydrogen (secondary N) is 1. The molecule has 2 aromatic rings. The molecule has 0 aliphatic carbocycles. The van der Waals surface area contributed by atoms with Gasteiger partial charge in [0.05, 0.1) is 17.6 Å². The molecule has 0 amide bonds. The number of halogens is 1. The molecule has 0 saturated carbocycles. The van der Waals surface area contributed by atoms with Crippen LogP contribution in [0.1, 0.15) is 5.56 Å². The van der Waals surface area contributed by atoms with Crippen molar-refractivity contribution in [2.24, 2.45) is 0 Å². The number of H-pyrrole nitrogens is 1. The third-order valence-electron chi connectivity index (χ3n) is 2.15. The van der Waals surface area contributed by atoms with Gasteiger partial charge in [-0.3, -0.25) is 0 Å². The van der Waals surface area contributed by atoms with Crippen molar-refractivity contribution in [3.63, 3.8) is 0 Å². The molecule has 0 spiro atoms. The second-order valence-corrected chi connectivity index (χ2v) is 3.41. The van der Waals surface area contributed by atoms with Crippen LogP contribution in [0.3, 0.4) is 0 Å². The summed E-state index contributed by atoms with van der Waals surface area (Å²) in [7, 11) is 1.65. The average molecular weight is 196 g/mol. The average Bonchev–Trinajstić information content (AvgIpc) is 2.48. The second kappa shape index (κ2) is 2.96. The summed E-state index contributed by atoms with van der Waals surface area (Å²) in [5.41, 5.74) is 2.21. The first-order valence-corrected chi connectivity index (χ1v) is 4.41. The Morgan fingerprint density at radius 3 is 2.85 bits per heavy atom. The maximum atomic E-state index is 5.99. The molecule has 13 heavy (non-hydrogen) atoms. The molecule has 68 valence electrons. The molecule has 0 aliphatic rings. The number of ether oxygens (including phenoxy) is 1. The Morgan fingerprint density at radius 1 is 1.38 bits per heavy atom. The molecule has 0 bridgehead atoms. The SMILES string of the molecule is COc1cc(C)c2[nH]cc(Cl)c2c1. The molecule has 0 unspecified atom stereocenters. The number of methoxy groups -OCH3 is 1. The minimum atomic E-state index is 0.733. The minimum Gasteiger partial charge on any atom is -0.497 e. The number of fused-ring (bicyclic) bond motifs is 1. The van der Waals surface area contributed by atoms with Gasteiger partial charge in [0.15, 0.2) is 0 Å². The van der Waals surface area contributed by atoms with E-state index in [0.29, 0.717) is 0 Å². The number of hydrogen-bond acceptors (Lipinski definition) is 1. The summed E-state index contributed by atoms with van der Waals surface area (Å²) in [6.45, 7) is 2.03. The molecular weight excluding hydrogens is 186 g/mol. The molecule has 1 aromatic heterocycles. The van der Waals surface area contributed by atoms with Crippen LogP contribution in [0.2, 0.25) is 5.02 Å². The number of hydrogen-bond donors (Lipinski definition) is 1. The predicted octanol–water partition coefficient (Wildman–Crippen LogP) is 3.14. The van der Waals surface area contributed by atoms with Gasteiger partial charge in [-0.05, 0) is 24.6 Å². The van der Waals surface area contributed by atoms with Gasteiger partial charge in [-0.1, -0.05) is 11.6 Å². The molecular formula is C10H10ClNO.